The molecule has 0 saturated carbocycles. The van der Waals surface area contributed by atoms with Gasteiger partial charge in [-0.15, -0.1) is 0 Å². The van der Waals surface area contributed by atoms with Crippen molar-refractivity contribution < 1.29 is 9.53 Å². The lowest BCUT2D eigenvalue weighted by atomic mass is 10.2. The highest BCUT2D eigenvalue weighted by atomic mass is 16.5. The van der Waals surface area contributed by atoms with E-state index in [4.69, 9.17) is 4.74 Å². The van der Waals surface area contributed by atoms with Crippen LogP contribution in [0.15, 0.2) is 48.8 Å². The quantitative estimate of drug-likeness (QED) is 0.540. The van der Waals surface area contributed by atoms with Gasteiger partial charge in [0.05, 0.1) is 29.4 Å². The molecule has 0 unspecified atom stereocenters. The first-order valence-corrected chi connectivity index (χ1v) is 6.49. The summed E-state index contributed by atoms with van der Waals surface area (Å²) in [6.45, 7) is 2.17. The van der Waals surface area contributed by atoms with Gasteiger partial charge in [0, 0.05) is 17.8 Å². The molecule has 1 aromatic carbocycles. The molecule has 0 N–H and O–H groups in total. The maximum absolute atomic E-state index is 11.4. The molecule has 0 bridgehead atoms. The van der Waals surface area contributed by atoms with Gasteiger partial charge in [-0.05, 0) is 31.2 Å². The van der Waals surface area contributed by atoms with Gasteiger partial charge in [-0.25, -0.2) is 4.79 Å². The summed E-state index contributed by atoms with van der Waals surface area (Å²) in [4.78, 5) is 15.8. The van der Waals surface area contributed by atoms with Crippen LogP contribution in [-0.4, -0.2) is 22.0 Å². The number of benzene rings is 1. The van der Waals surface area contributed by atoms with E-state index in [9.17, 15) is 4.79 Å². The molecule has 0 aliphatic carbocycles. The molecule has 0 atom stereocenters. The van der Waals surface area contributed by atoms with E-state index in [-0.39, 0.29) is 5.97 Å². The molecule has 3 rings (SSSR count). The fraction of sp³-hybridized carbons (Fsp3) is 0.125. The Morgan fingerprint density at radius 2 is 2.15 bits per heavy atom. The van der Waals surface area contributed by atoms with E-state index in [2.05, 4.69) is 9.38 Å². The van der Waals surface area contributed by atoms with E-state index in [0.29, 0.717) is 6.61 Å². The van der Waals surface area contributed by atoms with Gasteiger partial charge in [0.15, 0.2) is 0 Å². The highest BCUT2D eigenvalue weighted by Crippen LogP contribution is 2.19. The zero-order valence-corrected chi connectivity index (χ0v) is 11.1. The van der Waals surface area contributed by atoms with E-state index in [1.807, 2.05) is 42.7 Å². The SMILES string of the molecule is CCOC(=O)/C=C/c1ccn2c1cnc1ccccc12. The molecule has 20 heavy (non-hydrogen) atoms. The van der Waals surface area contributed by atoms with E-state index >= 15 is 0 Å². The topological polar surface area (TPSA) is 43.6 Å². The molecule has 0 aliphatic rings. The zero-order chi connectivity index (χ0) is 13.9. The van der Waals surface area contributed by atoms with Gasteiger partial charge >= 0.3 is 5.97 Å². The number of ether oxygens (including phenoxy) is 1. The molecule has 0 aliphatic heterocycles. The number of esters is 1. The maximum atomic E-state index is 11.4. The molecule has 0 radical (unpaired) electrons. The first kappa shape index (κ1) is 12.4. The van der Waals surface area contributed by atoms with E-state index in [1.54, 1.807) is 13.0 Å². The second-order valence-corrected chi connectivity index (χ2v) is 4.36. The molecule has 100 valence electrons. The molecule has 4 heteroatoms. The number of para-hydroxylation sites is 2. The Hall–Kier alpha value is -2.62. The van der Waals surface area contributed by atoms with Crippen LogP contribution in [0.3, 0.4) is 0 Å². The summed E-state index contributed by atoms with van der Waals surface area (Å²) in [5, 5.41) is 0. The van der Waals surface area contributed by atoms with Gasteiger partial charge < -0.3 is 9.14 Å². The molecule has 0 saturated heterocycles. The minimum atomic E-state index is -0.333. The largest absolute Gasteiger partial charge is 0.463 e. The van der Waals surface area contributed by atoms with E-state index in [1.165, 1.54) is 6.08 Å². The minimum absolute atomic E-state index is 0.333. The molecular formula is C16H14N2O2. The Bertz CT molecular complexity index is 802. The molecule has 0 spiro atoms. The molecular weight excluding hydrogens is 252 g/mol. The van der Waals surface area contributed by atoms with Crippen molar-refractivity contribution >= 4 is 28.6 Å². The molecule has 2 aromatic heterocycles. The minimum Gasteiger partial charge on any atom is -0.463 e. The van der Waals surface area contributed by atoms with Crippen LogP contribution in [0.1, 0.15) is 12.5 Å². The number of aromatic nitrogens is 2. The van der Waals surface area contributed by atoms with Crippen molar-refractivity contribution in [2.24, 2.45) is 0 Å². The van der Waals surface area contributed by atoms with Gasteiger partial charge in [-0.3, -0.25) is 4.98 Å². The number of carbonyl (C=O) groups excluding carboxylic acids is 1. The van der Waals surface area contributed by atoms with Gasteiger partial charge in [-0.1, -0.05) is 12.1 Å². The number of carbonyl (C=O) groups is 1. The zero-order valence-electron chi connectivity index (χ0n) is 11.1. The molecule has 4 nitrogen and oxygen atoms in total. The third-order valence-corrected chi connectivity index (χ3v) is 3.11. The Balaban J connectivity index is 2.06. The Labute approximate surface area is 116 Å². The summed E-state index contributed by atoms with van der Waals surface area (Å²) in [5.41, 5.74) is 3.89. The monoisotopic (exact) mass is 266 g/mol. The number of hydrogen-bond acceptors (Lipinski definition) is 3. The smallest absolute Gasteiger partial charge is 0.330 e. The van der Waals surface area contributed by atoms with Crippen molar-refractivity contribution in [1.82, 2.24) is 9.38 Å². The fourth-order valence-corrected chi connectivity index (χ4v) is 2.20. The summed E-state index contributed by atoms with van der Waals surface area (Å²) < 4.78 is 6.94. The normalized spacial score (nSPS) is 11.4. The summed E-state index contributed by atoms with van der Waals surface area (Å²) in [6.07, 6.45) is 6.98. The van der Waals surface area contributed by atoms with Crippen LogP contribution in [0.4, 0.5) is 0 Å². The van der Waals surface area contributed by atoms with Crippen molar-refractivity contribution in [2.75, 3.05) is 6.61 Å². The lowest BCUT2D eigenvalue weighted by molar-refractivity contribution is -0.137. The van der Waals surface area contributed by atoms with Gasteiger partial charge in [-0.2, -0.15) is 0 Å². The first-order valence-electron chi connectivity index (χ1n) is 6.49. The second-order valence-electron chi connectivity index (χ2n) is 4.36. The van der Waals surface area contributed by atoms with Crippen LogP contribution >= 0.6 is 0 Å². The Morgan fingerprint density at radius 3 is 3.00 bits per heavy atom. The van der Waals surface area contributed by atoms with Crippen molar-refractivity contribution in [3.8, 4) is 0 Å². The third kappa shape index (κ3) is 2.16. The fourth-order valence-electron chi connectivity index (χ4n) is 2.20. The van der Waals surface area contributed by atoms with Crippen LogP contribution < -0.4 is 0 Å². The lowest BCUT2D eigenvalue weighted by Gasteiger charge is -2.02. The van der Waals surface area contributed by atoms with Crippen LogP contribution in [-0.2, 0) is 9.53 Å². The predicted molar refractivity (Wildman–Crippen MR) is 78.4 cm³/mol. The molecule has 3 aromatic rings. The number of hydrogen-bond donors (Lipinski definition) is 0. The summed E-state index contributed by atoms with van der Waals surface area (Å²) in [6, 6.07) is 9.90. The summed E-state index contributed by atoms with van der Waals surface area (Å²) >= 11 is 0. The van der Waals surface area contributed by atoms with Gasteiger partial charge in [0.1, 0.15) is 0 Å². The molecule has 0 fully saturated rings. The third-order valence-electron chi connectivity index (χ3n) is 3.11. The summed E-state index contributed by atoms with van der Waals surface area (Å²) in [7, 11) is 0. The standard InChI is InChI=1S/C16H14N2O2/c1-2-20-16(19)8-7-12-9-10-18-14-6-4-3-5-13(14)17-11-15(12)18/h3-11H,2H2,1H3/b8-7+. The first-order chi connectivity index (χ1) is 9.79. The van der Waals surface area contributed by atoms with Crippen LogP contribution in [0.5, 0.6) is 0 Å². The summed E-state index contributed by atoms with van der Waals surface area (Å²) in [5.74, 6) is -0.333. The Kier molecular flexibility index (Phi) is 3.21. The number of rotatable bonds is 3. The van der Waals surface area contributed by atoms with Crippen LogP contribution in [0.2, 0.25) is 0 Å². The van der Waals surface area contributed by atoms with Gasteiger partial charge in [0.25, 0.3) is 0 Å². The highest BCUT2D eigenvalue weighted by Gasteiger charge is 2.04. The van der Waals surface area contributed by atoms with E-state index in [0.717, 1.165) is 22.1 Å². The average Bonchev–Trinajstić information content (AvgIpc) is 2.89. The number of fused-ring (bicyclic) bond motifs is 3. The molecule has 2 heterocycles. The predicted octanol–water partition coefficient (Wildman–Crippen LogP) is 3.06. The Morgan fingerprint density at radius 1 is 1.30 bits per heavy atom. The van der Waals surface area contributed by atoms with E-state index < -0.39 is 0 Å². The van der Waals surface area contributed by atoms with Gasteiger partial charge in [0.2, 0.25) is 0 Å². The van der Waals surface area contributed by atoms with Crippen molar-refractivity contribution in [3.63, 3.8) is 0 Å². The van der Waals surface area contributed by atoms with Crippen molar-refractivity contribution in [1.29, 1.82) is 0 Å². The van der Waals surface area contributed by atoms with Crippen molar-refractivity contribution in [2.45, 2.75) is 6.92 Å². The second kappa shape index (κ2) is 5.17. The average molecular weight is 266 g/mol. The highest BCUT2D eigenvalue weighted by molar-refractivity contribution is 5.90. The molecule has 0 amide bonds. The van der Waals surface area contributed by atoms with Crippen LogP contribution in [0.25, 0.3) is 22.6 Å². The van der Waals surface area contributed by atoms with Crippen molar-refractivity contribution in [3.05, 3.63) is 54.4 Å². The number of nitrogens with zero attached hydrogens (tertiary/aromatic N) is 2. The maximum Gasteiger partial charge on any atom is 0.330 e. The lowest BCUT2D eigenvalue weighted by Crippen LogP contribution is -1.98. The van der Waals surface area contributed by atoms with Crippen LogP contribution in [0, 0.1) is 0 Å².